The fourth-order valence-electron chi connectivity index (χ4n) is 5.58. The highest BCUT2D eigenvalue weighted by Crippen LogP contribution is 2.47. The molecular formula is C32H32N2S. The Balaban J connectivity index is 1.58. The third kappa shape index (κ3) is 3.87. The number of hydrogen-bond acceptors (Lipinski definition) is 3. The Kier molecular flexibility index (Phi) is 5.30. The van der Waals surface area contributed by atoms with E-state index in [0.29, 0.717) is 5.92 Å². The molecule has 0 spiro atoms. The quantitative estimate of drug-likeness (QED) is 0.260. The largest absolute Gasteiger partial charge is 0.261 e. The molecule has 1 aliphatic rings. The zero-order valence-electron chi connectivity index (χ0n) is 21.3. The number of aryl methyl sites for hydroxylation is 2. The molecule has 0 saturated heterocycles. The number of pyridine rings is 2. The van der Waals surface area contributed by atoms with E-state index in [-0.39, 0.29) is 5.41 Å². The van der Waals surface area contributed by atoms with Crippen molar-refractivity contribution in [3.8, 4) is 21.7 Å². The van der Waals surface area contributed by atoms with Gasteiger partial charge in [-0.15, -0.1) is 11.3 Å². The molecule has 0 fully saturated rings. The van der Waals surface area contributed by atoms with E-state index in [1.807, 2.05) is 17.5 Å². The smallest absolute Gasteiger partial charge is 0.0792 e. The molecule has 35 heavy (non-hydrogen) atoms. The highest BCUT2D eigenvalue weighted by molar-refractivity contribution is 7.22. The summed E-state index contributed by atoms with van der Waals surface area (Å²) in [5.41, 5.74) is 9.21. The van der Waals surface area contributed by atoms with Gasteiger partial charge in [-0.3, -0.25) is 9.97 Å². The van der Waals surface area contributed by atoms with Crippen LogP contribution in [0.4, 0.5) is 0 Å². The van der Waals surface area contributed by atoms with Crippen molar-refractivity contribution < 1.29 is 0 Å². The van der Waals surface area contributed by atoms with Crippen molar-refractivity contribution in [1.82, 2.24) is 9.97 Å². The van der Waals surface area contributed by atoms with Gasteiger partial charge < -0.3 is 0 Å². The van der Waals surface area contributed by atoms with Crippen LogP contribution < -0.4 is 0 Å². The molecule has 3 aromatic heterocycles. The van der Waals surface area contributed by atoms with Gasteiger partial charge in [0.1, 0.15) is 0 Å². The normalized spacial score (nSPS) is 13.4. The Bertz CT molecular complexity index is 1580. The van der Waals surface area contributed by atoms with Gasteiger partial charge in [0.05, 0.1) is 5.69 Å². The second kappa shape index (κ2) is 8.27. The maximum Gasteiger partial charge on any atom is 0.0792 e. The third-order valence-corrected chi connectivity index (χ3v) is 8.42. The number of nitrogens with zero attached hydrogens (tertiary/aromatic N) is 2. The Morgan fingerprint density at radius 1 is 0.971 bits per heavy atom. The Hall–Kier alpha value is -3.04. The SMILES string of the molecule is CC(C)Cc1cc2c(cn1)CCc1c-2sc2ccnc(-c3cc(C(C)(C)C)c4ccccc4c3)c12. The molecule has 0 aliphatic heterocycles. The molecule has 6 rings (SSSR count). The van der Waals surface area contributed by atoms with E-state index >= 15 is 0 Å². The van der Waals surface area contributed by atoms with E-state index in [2.05, 4.69) is 89.3 Å². The predicted molar refractivity (Wildman–Crippen MR) is 150 cm³/mol. The van der Waals surface area contributed by atoms with Crippen molar-refractivity contribution in [2.75, 3.05) is 0 Å². The van der Waals surface area contributed by atoms with Crippen LogP contribution in [0.25, 0.3) is 42.6 Å². The molecule has 0 saturated carbocycles. The van der Waals surface area contributed by atoms with Gasteiger partial charge in [-0.05, 0) is 87.9 Å². The average molecular weight is 477 g/mol. The number of fused-ring (bicyclic) bond motifs is 6. The first-order valence-electron chi connectivity index (χ1n) is 12.7. The van der Waals surface area contributed by atoms with Crippen LogP contribution in [0.15, 0.2) is 60.9 Å². The lowest BCUT2D eigenvalue weighted by Gasteiger charge is -2.23. The molecule has 0 bridgehead atoms. The molecule has 0 atom stereocenters. The van der Waals surface area contributed by atoms with Gasteiger partial charge in [0.25, 0.3) is 0 Å². The van der Waals surface area contributed by atoms with E-state index < -0.39 is 0 Å². The maximum atomic E-state index is 4.99. The van der Waals surface area contributed by atoms with Gasteiger partial charge in [0.2, 0.25) is 0 Å². The van der Waals surface area contributed by atoms with Crippen LogP contribution in [0.5, 0.6) is 0 Å². The molecule has 0 unspecified atom stereocenters. The van der Waals surface area contributed by atoms with Crippen molar-refractivity contribution in [3.63, 3.8) is 0 Å². The van der Waals surface area contributed by atoms with Crippen LogP contribution in [0, 0.1) is 5.92 Å². The minimum Gasteiger partial charge on any atom is -0.261 e. The molecule has 3 heteroatoms. The summed E-state index contributed by atoms with van der Waals surface area (Å²) in [6, 6.07) is 18.0. The second-order valence-corrected chi connectivity index (χ2v) is 12.4. The fraction of sp³-hybridized carbons (Fsp3) is 0.312. The topological polar surface area (TPSA) is 25.8 Å². The third-order valence-electron chi connectivity index (χ3n) is 7.19. The fourth-order valence-corrected chi connectivity index (χ4v) is 6.87. The number of benzene rings is 2. The monoisotopic (exact) mass is 476 g/mol. The van der Waals surface area contributed by atoms with Crippen LogP contribution in [-0.2, 0) is 24.7 Å². The lowest BCUT2D eigenvalue weighted by atomic mass is 9.82. The minimum atomic E-state index is 0.0519. The molecule has 5 aromatic rings. The van der Waals surface area contributed by atoms with Gasteiger partial charge in [-0.2, -0.15) is 0 Å². The zero-order valence-corrected chi connectivity index (χ0v) is 22.1. The van der Waals surface area contributed by atoms with Crippen molar-refractivity contribution in [3.05, 3.63) is 83.3 Å². The van der Waals surface area contributed by atoms with Gasteiger partial charge >= 0.3 is 0 Å². The summed E-state index contributed by atoms with van der Waals surface area (Å²) in [6.07, 6.45) is 7.23. The first-order chi connectivity index (χ1) is 16.8. The number of thiophene rings is 1. The average Bonchev–Trinajstić information content (AvgIpc) is 3.22. The first kappa shape index (κ1) is 22.4. The summed E-state index contributed by atoms with van der Waals surface area (Å²) in [5, 5.41) is 3.96. The predicted octanol–water partition coefficient (Wildman–Crippen LogP) is 8.77. The van der Waals surface area contributed by atoms with E-state index in [4.69, 9.17) is 9.97 Å². The summed E-state index contributed by atoms with van der Waals surface area (Å²) in [7, 11) is 0. The highest BCUT2D eigenvalue weighted by atomic mass is 32.1. The number of rotatable bonds is 3. The molecule has 0 amide bonds. The Labute approximate surface area is 212 Å². The van der Waals surface area contributed by atoms with E-state index in [9.17, 15) is 0 Å². The van der Waals surface area contributed by atoms with E-state index in [1.54, 1.807) is 0 Å². The van der Waals surface area contributed by atoms with Gasteiger partial charge in [-0.1, -0.05) is 58.9 Å². The summed E-state index contributed by atoms with van der Waals surface area (Å²) in [4.78, 5) is 11.2. The van der Waals surface area contributed by atoms with Gasteiger partial charge in [-0.25, -0.2) is 0 Å². The Morgan fingerprint density at radius 3 is 2.60 bits per heavy atom. The summed E-state index contributed by atoms with van der Waals surface area (Å²) >= 11 is 1.92. The lowest BCUT2D eigenvalue weighted by Crippen LogP contribution is -2.12. The first-order valence-corrected chi connectivity index (χ1v) is 13.5. The van der Waals surface area contributed by atoms with Crippen LogP contribution >= 0.6 is 11.3 Å². The lowest BCUT2D eigenvalue weighted by molar-refractivity contribution is 0.596. The molecule has 0 N–H and O–H groups in total. The molecule has 176 valence electrons. The molecule has 2 nitrogen and oxygen atoms in total. The standard InChI is InChI=1S/C32H32N2S/c1-19(2)14-23-17-26-21(18-34-23)10-11-25-29-28(35-31(25)26)12-13-33-30(29)22-15-20-8-6-7-9-24(20)27(16-22)32(3,4)5/h6-9,12-13,15-19H,10-11,14H2,1-5H3. The number of aromatic nitrogens is 2. The van der Waals surface area contributed by atoms with Gasteiger partial charge in [0, 0.05) is 38.6 Å². The molecular weight excluding hydrogens is 444 g/mol. The minimum absolute atomic E-state index is 0.0519. The summed E-state index contributed by atoms with van der Waals surface area (Å²) in [5.74, 6) is 0.603. The summed E-state index contributed by atoms with van der Waals surface area (Å²) < 4.78 is 1.33. The maximum absolute atomic E-state index is 4.99. The zero-order chi connectivity index (χ0) is 24.3. The van der Waals surface area contributed by atoms with E-state index in [1.165, 1.54) is 59.2 Å². The van der Waals surface area contributed by atoms with Crippen LogP contribution in [0.2, 0.25) is 0 Å². The Morgan fingerprint density at radius 2 is 1.80 bits per heavy atom. The van der Waals surface area contributed by atoms with Crippen LogP contribution in [0.3, 0.4) is 0 Å². The van der Waals surface area contributed by atoms with Crippen molar-refractivity contribution >= 4 is 32.2 Å². The van der Waals surface area contributed by atoms with Crippen molar-refractivity contribution in [2.45, 2.75) is 59.3 Å². The highest BCUT2D eigenvalue weighted by Gasteiger charge is 2.25. The van der Waals surface area contributed by atoms with Crippen LogP contribution in [-0.4, -0.2) is 9.97 Å². The summed E-state index contributed by atoms with van der Waals surface area (Å²) in [6.45, 7) is 11.4. The number of hydrogen-bond donors (Lipinski definition) is 0. The molecule has 1 aliphatic carbocycles. The molecule has 0 radical (unpaired) electrons. The van der Waals surface area contributed by atoms with Crippen LogP contribution in [0.1, 0.15) is 57.0 Å². The van der Waals surface area contributed by atoms with Crippen molar-refractivity contribution in [2.24, 2.45) is 5.92 Å². The van der Waals surface area contributed by atoms with E-state index in [0.717, 1.165) is 25.0 Å². The molecule has 3 heterocycles. The van der Waals surface area contributed by atoms with Gasteiger partial charge in [0.15, 0.2) is 0 Å². The molecule has 2 aromatic carbocycles. The second-order valence-electron chi connectivity index (χ2n) is 11.4. The van der Waals surface area contributed by atoms with Crippen molar-refractivity contribution in [1.29, 1.82) is 0 Å².